The van der Waals surface area contributed by atoms with E-state index in [-0.39, 0.29) is 24.6 Å². The Morgan fingerprint density at radius 1 is 1.27 bits per heavy atom. The van der Waals surface area contributed by atoms with Gasteiger partial charge in [-0.15, -0.1) is 0 Å². The molecule has 2 amide bonds. The van der Waals surface area contributed by atoms with E-state index < -0.39 is 0 Å². The number of rotatable bonds is 4. The maximum Gasteiger partial charge on any atom is 0.245 e. The Kier molecular flexibility index (Phi) is 11.0. The predicted octanol–water partition coefficient (Wildman–Crippen LogP) is -0.0646. The van der Waals surface area contributed by atoms with Gasteiger partial charge in [-0.2, -0.15) is 0 Å². The number of hydrogen-bond donors (Lipinski definition) is 3. The van der Waals surface area contributed by atoms with E-state index in [1.165, 1.54) is 6.08 Å². The first kappa shape index (κ1) is 15.8. The molecular formula is C10H18N2O3. The van der Waals surface area contributed by atoms with Crippen LogP contribution in [0.25, 0.3) is 0 Å². The lowest BCUT2D eigenvalue weighted by Crippen LogP contribution is -2.27. The van der Waals surface area contributed by atoms with Crippen LogP contribution >= 0.6 is 0 Å². The number of carbonyl (C=O) groups is 2. The molecular weight excluding hydrogens is 196 g/mol. The van der Waals surface area contributed by atoms with Crippen LogP contribution in [-0.4, -0.2) is 29.7 Å². The molecule has 0 unspecified atom stereocenters. The number of nitrogens with one attached hydrogen (secondary N) is 2. The molecule has 15 heavy (non-hydrogen) atoms. The lowest BCUT2D eigenvalue weighted by atomic mass is 10.4. The molecule has 5 heteroatoms. The molecule has 86 valence electrons. The third kappa shape index (κ3) is 15.2. The summed E-state index contributed by atoms with van der Waals surface area (Å²) < 4.78 is 0. The first-order valence-corrected chi connectivity index (χ1v) is 4.42. The smallest absolute Gasteiger partial charge is 0.245 e. The van der Waals surface area contributed by atoms with E-state index >= 15 is 0 Å². The second-order valence-electron chi connectivity index (χ2n) is 2.77. The second kappa shape index (κ2) is 10.5. The Morgan fingerprint density at radius 2 is 1.73 bits per heavy atom. The summed E-state index contributed by atoms with van der Waals surface area (Å²) in [5.41, 5.74) is 0. The predicted molar refractivity (Wildman–Crippen MR) is 58.9 cm³/mol. The van der Waals surface area contributed by atoms with E-state index in [1.807, 2.05) is 13.8 Å². The Labute approximate surface area is 89.9 Å². The minimum absolute atomic E-state index is 0.111. The Hall–Kier alpha value is -1.62. The zero-order valence-electron chi connectivity index (χ0n) is 9.12. The van der Waals surface area contributed by atoms with E-state index in [0.29, 0.717) is 0 Å². The van der Waals surface area contributed by atoms with Crippen LogP contribution in [-0.2, 0) is 9.59 Å². The van der Waals surface area contributed by atoms with Crippen LogP contribution in [0.2, 0.25) is 0 Å². The number of carbonyl (C=O) groups excluding carboxylic acids is 2. The molecule has 0 saturated heterocycles. The van der Waals surface area contributed by atoms with Crippen molar-refractivity contribution in [3.05, 3.63) is 25.3 Å². The van der Waals surface area contributed by atoms with Gasteiger partial charge in [-0.1, -0.05) is 13.2 Å². The topological polar surface area (TPSA) is 78.4 Å². The first-order valence-electron chi connectivity index (χ1n) is 4.42. The van der Waals surface area contributed by atoms with Gasteiger partial charge < -0.3 is 15.7 Å². The Morgan fingerprint density at radius 3 is 1.87 bits per heavy atom. The normalized spacial score (nSPS) is 8.27. The van der Waals surface area contributed by atoms with Crippen molar-refractivity contribution in [2.75, 3.05) is 6.73 Å². The molecule has 0 radical (unpaired) electrons. The van der Waals surface area contributed by atoms with Crippen LogP contribution in [0.15, 0.2) is 25.3 Å². The molecule has 0 saturated carbocycles. The molecule has 0 aromatic heterocycles. The maximum atomic E-state index is 10.4. The van der Waals surface area contributed by atoms with Crippen molar-refractivity contribution < 1.29 is 14.7 Å². The van der Waals surface area contributed by atoms with Crippen molar-refractivity contribution in [2.45, 2.75) is 19.9 Å². The quantitative estimate of drug-likeness (QED) is 0.453. The Balaban J connectivity index is 0. The summed E-state index contributed by atoms with van der Waals surface area (Å²) in [6.07, 6.45) is 2.36. The van der Waals surface area contributed by atoms with Crippen molar-refractivity contribution in [1.29, 1.82) is 0 Å². The highest BCUT2D eigenvalue weighted by molar-refractivity contribution is 5.87. The van der Waals surface area contributed by atoms with E-state index in [0.717, 1.165) is 6.08 Å². The zero-order chi connectivity index (χ0) is 12.3. The summed E-state index contributed by atoms with van der Waals surface area (Å²) >= 11 is 0. The molecule has 5 nitrogen and oxygen atoms in total. The molecule has 0 aliphatic carbocycles. The summed E-state index contributed by atoms with van der Waals surface area (Å²) in [4.78, 5) is 20.4. The van der Waals surface area contributed by atoms with Gasteiger partial charge in [0, 0.05) is 6.04 Å². The maximum absolute atomic E-state index is 10.4. The fourth-order valence-corrected chi connectivity index (χ4v) is 0.494. The molecule has 0 rings (SSSR count). The van der Waals surface area contributed by atoms with Crippen LogP contribution in [0.5, 0.6) is 0 Å². The molecule has 0 heterocycles. The highest BCUT2D eigenvalue weighted by atomic mass is 16.3. The Bertz CT molecular complexity index is 225. The average molecular weight is 214 g/mol. The highest BCUT2D eigenvalue weighted by Gasteiger charge is 1.93. The van der Waals surface area contributed by atoms with Crippen molar-refractivity contribution in [3.8, 4) is 0 Å². The van der Waals surface area contributed by atoms with Gasteiger partial charge in [-0.3, -0.25) is 9.59 Å². The van der Waals surface area contributed by atoms with Crippen LogP contribution in [0.1, 0.15) is 13.8 Å². The lowest BCUT2D eigenvalue weighted by Gasteiger charge is -2.02. The van der Waals surface area contributed by atoms with Gasteiger partial charge in [0.2, 0.25) is 11.8 Å². The molecule has 0 fully saturated rings. The third-order valence-electron chi connectivity index (χ3n) is 1.06. The second-order valence-corrected chi connectivity index (χ2v) is 2.77. The summed E-state index contributed by atoms with van der Waals surface area (Å²) in [7, 11) is 0. The van der Waals surface area contributed by atoms with E-state index in [4.69, 9.17) is 5.11 Å². The van der Waals surface area contributed by atoms with E-state index in [9.17, 15) is 9.59 Å². The van der Waals surface area contributed by atoms with Crippen molar-refractivity contribution in [3.63, 3.8) is 0 Å². The third-order valence-corrected chi connectivity index (χ3v) is 1.06. The van der Waals surface area contributed by atoms with Gasteiger partial charge in [0.05, 0.1) is 0 Å². The van der Waals surface area contributed by atoms with Gasteiger partial charge in [-0.05, 0) is 26.0 Å². The molecule has 0 aromatic rings. The number of amides is 2. The van der Waals surface area contributed by atoms with Crippen LogP contribution in [0, 0.1) is 0 Å². The molecule has 0 aliphatic heterocycles. The minimum atomic E-state index is -0.359. The molecule has 0 aromatic carbocycles. The van der Waals surface area contributed by atoms with E-state index in [1.54, 1.807) is 0 Å². The van der Waals surface area contributed by atoms with Crippen molar-refractivity contribution in [2.24, 2.45) is 0 Å². The van der Waals surface area contributed by atoms with E-state index in [2.05, 4.69) is 23.8 Å². The molecule has 0 aliphatic rings. The van der Waals surface area contributed by atoms with Gasteiger partial charge in [-0.25, -0.2) is 0 Å². The molecule has 0 spiro atoms. The van der Waals surface area contributed by atoms with Crippen molar-refractivity contribution in [1.82, 2.24) is 10.6 Å². The number of aliphatic hydroxyl groups excluding tert-OH is 1. The van der Waals surface area contributed by atoms with Crippen LogP contribution in [0.4, 0.5) is 0 Å². The lowest BCUT2D eigenvalue weighted by molar-refractivity contribution is -0.118. The average Bonchev–Trinajstić information content (AvgIpc) is 2.18. The van der Waals surface area contributed by atoms with Gasteiger partial charge in [0.1, 0.15) is 6.73 Å². The largest absolute Gasteiger partial charge is 0.376 e. The fraction of sp³-hybridized carbons (Fsp3) is 0.400. The SMILES string of the molecule is C=CC(=O)NC(C)C.C=CC(=O)NCO. The van der Waals surface area contributed by atoms with Crippen LogP contribution in [0.3, 0.4) is 0 Å². The van der Waals surface area contributed by atoms with Crippen molar-refractivity contribution >= 4 is 11.8 Å². The van der Waals surface area contributed by atoms with Gasteiger partial charge in [0.15, 0.2) is 0 Å². The van der Waals surface area contributed by atoms with Gasteiger partial charge >= 0.3 is 0 Å². The first-order chi connectivity index (χ1) is 6.97. The minimum Gasteiger partial charge on any atom is -0.376 e. The summed E-state index contributed by atoms with van der Waals surface area (Å²) in [6.45, 7) is 9.94. The fourth-order valence-electron chi connectivity index (χ4n) is 0.494. The molecule has 3 N–H and O–H groups in total. The highest BCUT2D eigenvalue weighted by Crippen LogP contribution is 1.75. The summed E-state index contributed by atoms with van der Waals surface area (Å²) in [6, 6.07) is 0.209. The zero-order valence-corrected chi connectivity index (χ0v) is 9.12. The van der Waals surface area contributed by atoms with Gasteiger partial charge in [0.25, 0.3) is 0 Å². The summed E-state index contributed by atoms with van der Waals surface area (Å²) in [5.74, 6) is -0.470. The van der Waals surface area contributed by atoms with Crippen LogP contribution < -0.4 is 10.6 Å². The monoisotopic (exact) mass is 214 g/mol. The number of hydrogen-bond acceptors (Lipinski definition) is 3. The molecule has 0 bridgehead atoms. The number of aliphatic hydroxyl groups is 1. The summed E-state index contributed by atoms with van der Waals surface area (Å²) in [5, 5.41) is 12.7. The standard InChI is InChI=1S/C6H11NO.C4H7NO2/c1-4-6(8)7-5(2)3;1-2-4(7)5-3-6/h4-5H,1H2,2-3H3,(H,7,8);2,6H,1,3H2,(H,5,7). The molecule has 0 atom stereocenters.